The first-order valence-corrected chi connectivity index (χ1v) is 5.00. The number of hydrogen-bond acceptors (Lipinski definition) is 6. The first-order valence-electron chi connectivity index (χ1n) is 5.00. The highest BCUT2D eigenvalue weighted by molar-refractivity contribution is 5.88. The van der Waals surface area contributed by atoms with E-state index in [1.54, 1.807) is 0 Å². The number of hydrogen-bond donors (Lipinski definition) is 0. The smallest absolute Gasteiger partial charge is 0.229 e. The fourth-order valence-corrected chi connectivity index (χ4v) is 1.30. The monoisotopic (exact) mass is 225 g/mol. The van der Waals surface area contributed by atoms with Crippen LogP contribution in [0.4, 0.5) is 0 Å². The molecule has 0 saturated carbocycles. The molecule has 88 valence electrons. The Balaban J connectivity index is 2.89. The SMILES string of the molecule is CCN(CC)C1=NC(N=[N+]=[N-])N(OC)C=N1. The fourth-order valence-electron chi connectivity index (χ4n) is 1.30. The van der Waals surface area contributed by atoms with Crippen molar-refractivity contribution < 1.29 is 4.84 Å². The largest absolute Gasteiger partial charge is 0.342 e. The van der Waals surface area contributed by atoms with Gasteiger partial charge in [-0.3, -0.25) is 4.84 Å². The number of guanidine groups is 1. The lowest BCUT2D eigenvalue weighted by molar-refractivity contribution is -0.0894. The van der Waals surface area contributed by atoms with Gasteiger partial charge in [0.2, 0.25) is 12.2 Å². The van der Waals surface area contributed by atoms with Crippen molar-refractivity contribution in [2.45, 2.75) is 20.1 Å². The molecule has 16 heavy (non-hydrogen) atoms. The van der Waals surface area contributed by atoms with Crippen LogP contribution >= 0.6 is 0 Å². The molecular formula is C8H15N7O. The minimum atomic E-state index is -0.733. The normalized spacial score (nSPS) is 19.1. The Morgan fingerprint density at radius 3 is 2.81 bits per heavy atom. The highest BCUT2D eigenvalue weighted by Gasteiger charge is 2.20. The zero-order valence-electron chi connectivity index (χ0n) is 9.61. The van der Waals surface area contributed by atoms with Gasteiger partial charge in [0.25, 0.3) is 0 Å². The second-order valence-corrected chi connectivity index (χ2v) is 2.94. The molecular weight excluding hydrogens is 210 g/mol. The van der Waals surface area contributed by atoms with Crippen LogP contribution < -0.4 is 0 Å². The summed E-state index contributed by atoms with van der Waals surface area (Å²) in [6.07, 6.45) is 0.725. The van der Waals surface area contributed by atoms with Crippen LogP contribution in [0.3, 0.4) is 0 Å². The minimum absolute atomic E-state index is 0.552. The quantitative estimate of drug-likeness (QED) is 0.408. The first kappa shape index (κ1) is 12.3. The second-order valence-electron chi connectivity index (χ2n) is 2.94. The lowest BCUT2D eigenvalue weighted by Gasteiger charge is -2.28. The van der Waals surface area contributed by atoms with Crippen molar-refractivity contribution in [1.82, 2.24) is 9.96 Å². The molecule has 0 amide bonds. The number of hydroxylamine groups is 2. The van der Waals surface area contributed by atoms with Gasteiger partial charge in [-0.25, -0.2) is 15.0 Å². The van der Waals surface area contributed by atoms with Crippen molar-refractivity contribution in [3.63, 3.8) is 0 Å². The van der Waals surface area contributed by atoms with Crippen LogP contribution in [0.15, 0.2) is 15.1 Å². The maximum atomic E-state index is 8.42. The van der Waals surface area contributed by atoms with E-state index < -0.39 is 6.29 Å². The third-order valence-electron chi connectivity index (χ3n) is 2.16. The second kappa shape index (κ2) is 5.94. The summed E-state index contributed by atoms with van der Waals surface area (Å²) >= 11 is 0. The molecule has 1 unspecified atom stereocenters. The van der Waals surface area contributed by atoms with Crippen LogP contribution in [0.2, 0.25) is 0 Å². The van der Waals surface area contributed by atoms with E-state index in [0.29, 0.717) is 5.96 Å². The van der Waals surface area contributed by atoms with Gasteiger partial charge in [0, 0.05) is 18.0 Å². The number of rotatable bonds is 4. The molecule has 1 heterocycles. The molecule has 0 aliphatic carbocycles. The lowest BCUT2D eigenvalue weighted by atomic mass is 10.5. The third kappa shape index (κ3) is 2.62. The van der Waals surface area contributed by atoms with E-state index in [-0.39, 0.29) is 0 Å². The highest BCUT2D eigenvalue weighted by Crippen LogP contribution is 2.09. The maximum absolute atomic E-state index is 8.42. The van der Waals surface area contributed by atoms with E-state index in [4.69, 9.17) is 10.4 Å². The van der Waals surface area contributed by atoms with Crippen LogP contribution in [0.5, 0.6) is 0 Å². The summed E-state index contributed by atoms with van der Waals surface area (Å²) in [6, 6.07) is 0. The molecule has 1 aliphatic heterocycles. The zero-order chi connectivity index (χ0) is 12.0. The van der Waals surface area contributed by atoms with Crippen molar-refractivity contribution in [3.05, 3.63) is 10.4 Å². The van der Waals surface area contributed by atoms with Gasteiger partial charge in [-0.1, -0.05) is 0 Å². The third-order valence-corrected chi connectivity index (χ3v) is 2.16. The van der Waals surface area contributed by atoms with Gasteiger partial charge < -0.3 is 4.90 Å². The average molecular weight is 225 g/mol. The van der Waals surface area contributed by atoms with Crippen LogP contribution in [0, 0.1) is 0 Å². The Bertz CT molecular complexity index is 329. The van der Waals surface area contributed by atoms with Crippen LogP contribution in [0.1, 0.15) is 13.8 Å². The maximum Gasteiger partial charge on any atom is 0.229 e. The topological polar surface area (TPSA) is 89.2 Å². The first-order chi connectivity index (χ1) is 7.76. The number of aliphatic imine (C=N–C) groups is 2. The van der Waals surface area contributed by atoms with Gasteiger partial charge in [-0.2, -0.15) is 0 Å². The molecule has 0 bridgehead atoms. The van der Waals surface area contributed by atoms with Gasteiger partial charge >= 0.3 is 0 Å². The molecule has 0 radical (unpaired) electrons. The Morgan fingerprint density at radius 1 is 1.62 bits per heavy atom. The van der Waals surface area contributed by atoms with Crippen molar-refractivity contribution in [3.8, 4) is 0 Å². The highest BCUT2D eigenvalue weighted by atomic mass is 16.7. The predicted octanol–water partition coefficient (Wildman–Crippen LogP) is 1.18. The molecule has 8 nitrogen and oxygen atoms in total. The van der Waals surface area contributed by atoms with Crippen LogP contribution in [-0.4, -0.2) is 48.8 Å². The number of azide groups is 1. The molecule has 0 aromatic carbocycles. The molecule has 1 rings (SSSR count). The van der Waals surface area contributed by atoms with Gasteiger partial charge in [0.15, 0.2) is 0 Å². The van der Waals surface area contributed by atoms with E-state index in [2.05, 4.69) is 20.0 Å². The van der Waals surface area contributed by atoms with Gasteiger partial charge in [-0.15, -0.1) is 0 Å². The van der Waals surface area contributed by atoms with Crippen LogP contribution in [0.25, 0.3) is 10.4 Å². The van der Waals surface area contributed by atoms with E-state index in [1.807, 2.05) is 18.7 Å². The zero-order valence-corrected chi connectivity index (χ0v) is 9.61. The molecule has 0 fully saturated rings. The van der Waals surface area contributed by atoms with E-state index in [1.165, 1.54) is 18.5 Å². The standard InChI is InChI=1S/C8H15N7O/c1-4-14(5-2)7-10-6-15(16-3)8(11-7)12-13-9/h6,8H,4-5H2,1-3H3. The lowest BCUT2D eigenvalue weighted by Crippen LogP contribution is -2.39. The van der Waals surface area contributed by atoms with Crippen molar-refractivity contribution in [1.29, 1.82) is 0 Å². The van der Waals surface area contributed by atoms with E-state index in [0.717, 1.165) is 13.1 Å². The Labute approximate surface area is 93.8 Å². The van der Waals surface area contributed by atoms with Crippen LogP contribution in [-0.2, 0) is 4.84 Å². The van der Waals surface area contributed by atoms with Gasteiger partial charge in [0.05, 0.1) is 7.11 Å². The summed E-state index contributed by atoms with van der Waals surface area (Å²) < 4.78 is 0. The molecule has 8 heteroatoms. The fraction of sp³-hybridized carbons (Fsp3) is 0.750. The predicted molar refractivity (Wildman–Crippen MR) is 60.6 cm³/mol. The average Bonchev–Trinajstić information content (AvgIpc) is 2.31. The van der Waals surface area contributed by atoms with Crippen molar-refractivity contribution in [2.75, 3.05) is 20.2 Å². The summed E-state index contributed by atoms with van der Waals surface area (Å²) in [5.41, 5.74) is 8.42. The minimum Gasteiger partial charge on any atom is -0.342 e. The Morgan fingerprint density at radius 2 is 2.31 bits per heavy atom. The van der Waals surface area contributed by atoms with E-state index >= 15 is 0 Å². The molecule has 0 N–H and O–H groups in total. The molecule has 0 aromatic rings. The van der Waals surface area contributed by atoms with Gasteiger partial charge in [-0.05, 0) is 24.5 Å². The van der Waals surface area contributed by atoms with E-state index in [9.17, 15) is 0 Å². The number of nitrogens with zero attached hydrogens (tertiary/aromatic N) is 7. The molecule has 0 spiro atoms. The van der Waals surface area contributed by atoms with Crippen molar-refractivity contribution in [2.24, 2.45) is 15.1 Å². The molecule has 1 aliphatic rings. The van der Waals surface area contributed by atoms with Gasteiger partial charge in [0.1, 0.15) is 6.34 Å². The molecule has 0 aromatic heterocycles. The summed E-state index contributed by atoms with van der Waals surface area (Å²) in [6.45, 7) is 5.60. The Hall–Kier alpha value is -1.79. The van der Waals surface area contributed by atoms with Crippen molar-refractivity contribution >= 4 is 12.3 Å². The molecule has 1 atom stereocenters. The molecule has 0 saturated heterocycles. The Kier molecular flexibility index (Phi) is 4.56. The summed E-state index contributed by atoms with van der Waals surface area (Å²) in [5.74, 6) is 0.552. The summed E-state index contributed by atoms with van der Waals surface area (Å²) in [7, 11) is 1.46. The summed E-state index contributed by atoms with van der Waals surface area (Å²) in [4.78, 5) is 17.9. The summed E-state index contributed by atoms with van der Waals surface area (Å²) in [5, 5.41) is 4.80.